The van der Waals surface area contributed by atoms with Crippen LogP contribution in [-0.2, 0) is 6.54 Å². The second-order valence-electron chi connectivity index (χ2n) is 5.34. The summed E-state index contributed by atoms with van der Waals surface area (Å²) in [4.78, 5) is 14.3. The average Bonchev–Trinajstić information content (AvgIpc) is 2.77. The van der Waals surface area contributed by atoms with Crippen LogP contribution in [0.15, 0.2) is 6.20 Å². The van der Waals surface area contributed by atoms with Crippen LogP contribution in [-0.4, -0.2) is 53.3 Å². The van der Waals surface area contributed by atoms with Gasteiger partial charge in [-0.25, -0.2) is 0 Å². The fourth-order valence-electron chi connectivity index (χ4n) is 1.84. The molecule has 0 bridgehead atoms. The van der Waals surface area contributed by atoms with Crippen LogP contribution in [0, 0.1) is 6.92 Å². The maximum absolute atomic E-state index is 12.1. The molecule has 0 fully saturated rings. The molecule has 3 N–H and O–H groups in total. The van der Waals surface area contributed by atoms with E-state index in [2.05, 4.69) is 29.2 Å². The van der Waals surface area contributed by atoms with E-state index < -0.39 is 0 Å². The number of rotatable bonds is 8. The van der Waals surface area contributed by atoms with Crippen molar-refractivity contribution in [3.05, 3.63) is 17.5 Å². The van der Waals surface area contributed by atoms with Gasteiger partial charge in [-0.2, -0.15) is 5.10 Å². The Bertz CT molecular complexity index is 427. The maximum Gasteiger partial charge on any atom is 0.254 e. The van der Waals surface area contributed by atoms with Crippen molar-refractivity contribution in [3.63, 3.8) is 0 Å². The summed E-state index contributed by atoms with van der Waals surface area (Å²) >= 11 is 0. The Morgan fingerprint density at radius 3 is 2.85 bits per heavy atom. The Hall–Kier alpha value is -1.40. The van der Waals surface area contributed by atoms with Gasteiger partial charge in [0.2, 0.25) is 0 Å². The summed E-state index contributed by atoms with van der Waals surface area (Å²) in [5.74, 6) is -0.0568. The Kier molecular flexibility index (Phi) is 6.67. The van der Waals surface area contributed by atoms with Crippen LogP contribution in [0.2, 0.25) is 0 Å². The highest BCUT2D eigenvalue weighted by atomic mass is 16.1. The van der Waals surface area contributed by atoms with Crippen molar-refractivity contribution in [2.24, 2.45) is 5.73 Å². The van der Waals surface area contributed by atoms with Gasteiger partial charge in [-0.1, -0.05) is 0 Å². The highest BCUT2D eigenvalue weighted by Gasteiger charge is 2.13. The zero-order valence-corrected chi connectivity index (χ0v) is 13.0. The van der Waals surface area contributed by atoms with E-state index in [4.69, 9.17) is 5.73 Å². The van der Waals surface area contributed by atoms with E-state index in [0.717, 1.165) is 25.2 Å². The summed E-state index contributed by atoms with van der Waals surface area (Å²) < 4.78 is 1.84. The fraction of sp³-hybridized carbons (Fsp3) is 0.714. The molecular formula is C14H27N5O. The molecule has 0 aliphatic heterocycles. The van der Waals surface area contributed by atoms with Crippen LogP contribution in [0.25, 0.3) is 0 Å². The third kappa shape index (κ3) is 4.61. The van der Waals surface area contributed by atoms with Crippen LogP contribution in [0.1, 0.15) is 36.3 Å². The van der Waals surface area contributed by atoms with Gasteiger partial charge in [0.25, 0.3) is 5.91 Å². The zero-order valence-electron chi connectivity index (χ0n) is 13.0. The van der Waals surface area contributed by atoms with Gasteiger partial charge in [-0.15, -0.1) is 0 Å². The molecule has 0 saturated heterocycles. The van der Waals surface area contributed by atoms with Gasteiger partial charge in [0.05, 0.1) is 11.8 Å². The molecule has 0 atom stereocenters. The summed E-state index contributed by atoms with van der Waals surface area (Å²) in [6.45, 7) is 9.04. The minimum absolute atomic E-state index is 0.0568. The molecule has 114 valence electrons. The number of nitrogens with one attached hydrogen (secondary N) is 1. The number of carbonyl (C=O) groups is 1. The number of hydrogen-bond donors (Lipinski definition) is 2. The third-order valence-corrected chi connectivity index (χ3v) is 3.55. The smallest absolute Gasteiger partial charge is 0.254 e. The first-order valence-corrected chi connectivity index (χ1v) is 7.18. The maximum atomic E-state index is 12.1. The third-order valence-electron chi connectivity index (χ3n) is 3.55. The lowest BCUT2D eigenvalue weighted by Gasteiger charge is -2.20. The van der Waals surface area contributed by atoms with E-state index in [0.29, 0.717) is 24.7 Å². The van der Waals surface area contributed by atoms with Crippen molar-refractivity contribution in [1.29, 1.82) is 0 Å². The topological polar surface area (TPSA) is 76.2 Å². The minimum atomic E-state index is -0.0568. The van der Waals surface area contributed by atoms with Crippen LogP contribution in [0.3, 0.4) is 0 Å². The average molecular weight is 281 g/mol. The van der Waals surface area contributed by atoms with Crippen molar-refractivity contribution >= 4 is 5.91 Å². The molecule has 1 aromatic rings. The summed E-state index contributed by atoms with van der Waals surface area (Å²) in [5, 5.41) is 7.17. The minimum Gasteiger partial charge on any atom is -0.351 e. The molecule has 0 saturated carbocycles. The molecule has 0 aliphatic rings. The van der Waals surface area contributed by atoms with Gasteiger partial charge >= 0.3 is 0 Å². The van der Waals surface area contributed by atoms with E-state index in [9.17, 15) is 4.79 Å². The van der Waals surface area contributed by atoms with Gasteiger partial charge in [0, 0.05) is 31.4 Å². The molecular weight excluding hydrogens is 254 g/mol. The molecule has 6 nitrogen and oxygen atoms in total. The monoisotopic (exact) mass is 281 g/mol. The number of likely N-dealkylation sites (N-methyl/N-ethyl adjacent to an activating group) is 1. The van der Waals surface area contributed by atoms with Gasteiger partial charge in [-0.05, 0) is 40.8 Å². The SMILES string of the molecule is Cc1c(C(=O)NCCN(C)C(C)C)cnn1CCCN. The molecule has 1 aromatic heterocycles. The highest BCUT2D eigenvalue weighted by molar-refractivity contribution is 5.95. The molecule has 1 rings (SSSR count). The number of aryl methyl sites for hydroxylation is 1. The highest BCUT2D eigenvalue weighted by Crippen LogP contribution is 2.07. The number of hydrogen-bond acceptors (Lipinski definition) is 4. The lowest BCUT2D eigenvalue weighted by atomic mass is 10.2. The van der Waals surface area contributed by atoms with E-state index >= 15 is 0 Å². The molecule has 1 amide bonds. The Labute approximate surface area is 121 Å². The second-order valence-corrected chi connectivity index (χ2v) is 5.34. The van der Waals surface area contributed by atoms with Crippen molar-refractivity contribution < 1.29 is 4.79 Å². The van der Waals surface area contributed by atoms with Crippen LogP contribution >= 0.6 is 0 Å². The molecule has 0 radical (unpaired) electrons. The number of amides is 1. The van der Waals surface area contributed by atoms with Gasteiger partial charge in [0.1, 0.15) is 0 Å². The molecule has 0 spiro atoms. The standard InChI is InChI=1S/C14H27N5O/c1-11(2)18(4)9-7-16-14(20)13-10-17-19(12(13)3)8-5-6-15/h10-11H,5-9,15H2,1-4H3,(H,16,20). The first-order valence-electron chi connectivity index (χ1n) is 7.18. The summed E-state index contributed by atoms with van der Waals surface area (Å²) in [5.41, 5.74) is 7.03. The lowest BCUT2D eigenvalue weighted by Crippen LogP contribution is -2.36. The van der Waals surface area contributed by atoms with Crippen LogP contribution in [0.5, 0.6) is 0 Å². The number of carbonyl (C=O) groups excluding carboxylic acids is 1. The molecule has 6 heteroatoms. The van der Waals surface area contributed by atoms with Gasteiger partial charge < -0.3 is 16.0 Å². The molecule has 0 unspecified atom stereocenters. The van der Waals surface area contributed by atoms with E-state index in [1.807, 2.05) is 18.7 Å². The lowest BCUT2D eigenvalue weighted by molar-refractivity contribution is 0.0947. The Morgan fingerprint density at radius 1 is 1.55 bits per heavy atom. The first-order chi connectivity index (χ1) is 9.47. The summed E-state index contributed by atoms with van der Waals surface area (Å²) in [7, 11) is 2.05. The van der Waals surface area contributed by atoms with E-state index in [1.165, 1.54) is 0 Å². The normalized spacial score (nSPS) is 11.3. The van der Waals surface area contributed by atoms with Crippen molar-refractivity contribution in [2.45, 2.75) is 39.8 Å². The molecule has 0 aliphatic carbocycles. The quantitative estimate of drug-likeness (QED) is 0.732. The molecule has 1 heterocycles. The molecule has 0 aromatic carbocycles. The first kappa shape index (κ1) is 16.7. The number of nitrogens with two attached hydrogens (primary N) is 1. The van der Waals surface area contributed by atoms with E-state index in [1.54, 1.807) is 6.20 Å². The van der Waals surface area contributed by atoms with Crippen LogP contribution < -0.4 is 11.1 Å². The summed E-state index contributed by atoms with van der Waals surface area (Å²) in [6.07, 6.45) is 2.50. The zero-order chi connectivity index (χ0) is 15.1. The summed E-state index contributed by atoms with van der Waals surface area (Å²) in [6, 6.07) is 0.479. The van der Waals surface area contributed by atoms with Gasteiger partial charge in [0.15, 0.2) is 0 Å². The number of aromatic nitrogens is 2. The van der Waals surface area contributed by atoms with E-state index in [-0.39, 0.29) is 5.91 Å². The largest absolute Gasteiger partial charge is 0.351 e. The second kappa shape index (κ2) is 8.01. The fourth-order valence-corrected chi connectivity index (χ4v) is 1.84. The molecule has 20 heavy (non-hydrogen) atoms. The van der Waals surface area contributed by atoms with Crippen molar-refractivity contribution in [2.75, 3.05) is 26.7 Å². The van der Waals surface area contributed by atoms with Crippen LogP contribution in [0.4, 0.5) is 0 Å². The van der Waals surface area contributed by atoms with Crippen molar-refractivity contribution in [3.8, 4) is 0 Å². The Balaban J connectivity index is 2.49. The predicted molar refractivity (Wildman–Crippen MR) is 80.7 cm³/mol. The van der Waals surface area contributed by atoms with Crippen molar-refractivity contribution in [1.82, 2.24) is 20.0 Å². The number of nitrogens with zero attached hydrogens (tertiary/aromatic N) is 3. The van der Waals surface area contributed by atoms with Gasteiger partial charge in [-0.3, -0.25) is 9.48 Å². The predicted octanol–water partition coefficient (Wildman–Crippen LogP) is 0.610. The Morgan fingerprint density at radius 2 is 2.25 bits per heavy atom.